The second-order valence-electron chi connectivity index (χ2n) is 8.02. The first kappa shape index (κ1) is 20.2. The highest BCUT2D eigenvalue weighted by Gasteiger charge is 2.34. The van der Waals surface area contributed by atoms with Crippen molar-refractivity contribution in [1.82, 2.24) is 19.9 Å². The van der Waals surface area contributed by atoms with E-state index in [1.54, 1.807) is 4.90 Å². The molecule has 3 aromatic rings. The number of amides is 2. The Morgan fingerprint density at radius 1 is 1.22 bits per heavy atom. The summed E-state index contributed by atoms with van der Waals surface area (Å²) < 4.78 is 11.2. The fourth-order valence-electron chi connectivity index (χ4n) is 4.03. The van der Waals surface area contributed by atoms with Crippen molar-refractivity contribution in [2.75, 3.05) is 38.6 Å². The number of aromatic nitrogens is 2. The molecule has 1 aromatic heterocycles. The van der Waals surface area contributed by atoms with E-state index in [2.05, 4.69) is 20.4 Å². The fourth-order valence-corrected chi connectivity index (χ4v) is 4.03. The molecular weight excluding hydrogens is 410 g/mol. The van der Waals surface area contributed by atoms with Crippen LogP contribution in [0.2, 0.25) is 0 Å². The minimum Gasteiger partial charge on any atom is -0.484 e. The van der Waals surface area contributed by atoms with Gasteiger partial charge < -0.3 is 24.4 Å². The molecule has 0 spiro atoms. The molecular formula is C23H23N5O4. The molecule has 0 bridgehead atoms. The van der Waals surface area contributed by atoms with Gasteiger partial charge in [0.1, 0.15) is 11.8 Å². The summed E-state index contributed by atoms with van der Waals surface area (Å²) in [7, 11) is 2.00. The lowest BCUT2D eigenvalue weighted by Gasteiger charge is -2.37. The number of likely N-dealkylation sites (N-methyl/N-ethyl adjacent to an activating group) is 1. The van der Waals surface area contributed by atoms with Crippen molar-refractivity contribution in [3.63, 3.8) is 0 Å². The van der Waals surface area contributed by atoms with Crippen LogP contribution in [0.1, 0.15) is 17.5 Å². The number of carbonyl (C=O) groups is 2. The van der Waals surface area contributed by atoms with Crippen LogP contribution in [0.4, 0.5) is 5.69 Å². The highest BCUT2D eigenvalue weighted by atomic mass is 16.5. The molecule has 1 atom stereocenters. The maximum absolute atomic E-state index is 13.0. The molecule has 2 aliphatic heterocycles. The molecule has 3 heterocycles. The molecule has 1 N–H and O–H groups in total. The van der Waals surface area contributed by atoms with Crippen molar-refractivity contribution >= 4 is 17.5 Å². The Hall–Kier alpha value is -3.72. The lowest BCUT2D eigenvalue weighted by molar-refractivity contribution is -0.139. The predicted octanol–water partition coefficient (Wildman–Crippen LogP) is 2.13. The molecule has 9 heteroatoms. The third kappa shape index (κ3) is 4.06. The van der Waals surface area contributed by atoms with Crippen molar-refractivity contribution < 1.29 is 18.8 Å². The molecule has 0 aliphatic carbocycles. The van der Waals surface area contributed by atoms with Gasteiger partial charge in [0, 0.05) is 30.9 Å². The number of fused-ring (bicyclic) bond motifs is 1. The molecule has 5 rings (SSSR count). The fraction of sp³-hybridized carbons (Fsp3) is 0.304. The van der Waals surface area contributed by atoms with Gasteiger partial charge in [-0.15, -0.1) is 0 Å². The Kier molecular flexibility index (Phi) is 5.32. The molecule has 32 heavy (non-hydrogen) atoms. The number of hydrogen-bond donors (Lipinski definition) is 1. The zero-order chi connectivity index (χ0) is 22.1. The van der Waals surface area contributed by atoms with Crippen molar-refractivity contribution in [3.8, 4) is 17.1 Å². The molecule has 9 nitrogen and oxygen atoms in total. The molecule has 1 unspecified atom stereocenters. The quantitative estimate of drug-likeness (QED) is 0.658. The van der Waals surface area contributed by atoms with E-state index in [1.807, 2.05) is 55.6 Å². The second-order valence-corrected chi connectivity index (χ2v) is 8.02. The van der Waals surface area contributed by atoms with Gasteiger partial charge in [-0.05, 0) is 42.9 Å². The lowest BCUT2D eigenvalue weighted by atomic mass is 10.1. The van der Waals surface area contributed by atoms with Gasteiger partial charge in [-0.25, -0.2) is 0 Å². The Morgan fingerprint density at radius 2 is 2.06 bits per heavy atom. The molecule has 0 radical (unpaired) electrons. The van der Waals surface area contributed by atoms with E-state index in [0.717, 1.165) is 23.4 Å². The summed E-state index contributed by atoms with van der Waals surface area (Å²) in [5.41, 5.74) is 2.49. The summed E-state index contributed by atoms with van der Waals surface area (Å²) in [6.45, 7) is 1.82. The number of piperazine rings is 1. The van der Waals surface area contributed by atoms with Gasteiger partial charge in [0.2, 0.25) is 11.7 Å². The molecule has 164 valence electrons. The van der Waals surface area contributed by atoms with Gasteiger partial charge >= 0.3 is 0 Å². The maximum Gasteiger partial charge on any atom is 0.261 e. The number of benzene rings is 2. The molecule has 1 saturated heterocycles. The van der Waals surface area contributed by atoms with E-state index in [4.69, 9.17) is 9.26 Å². The summed E-state index contributed by atoms with van der Waals surface area (Å²) in [4.78, 5) is 33.0. The molecule has 2 aromatic carbocycles. The first-order valence-electron chi connectivity index (χ1n) is 10.5. The van der Waals surface area contributed by atoms with Crippen LogP contribution in [0, 0.1) is 0 Å². The van der Waals surface area contributed by atoms with E-state index < -0.39 is 0 Å². The largest absolute Gasteiger partial charge is 0.484 e. The number of rotatable bonds is 5. The van der Waals surface area contributed by atoms with Gasteiger partial charge in [0.25, 0.3) is 11.8 Å². The summed E-state index contributed by atoms with van der Waals surface area (Å²) >= 11 is 0. The molecule has 2 amide bonds. The molecule has 2 aliphatic rings. The van der Waals surface area contributed by atoms with Crippen LogP contribution in [0.25, 0.3) is 11.4 Å². The van der Waals surface area contributed by atoms with Gasteiger partial charge in [-0.1, -0.05) is 23.4 Å². The highest BCUT2D eigenvalue weighted by molar-refractivity contribution is 5.99. The first-order valence-corrected chi connectivity index (χ1v) is 10.5. The number of hydrogen-bond acceptors (Lipinski definition) is 7. The normalized spacial score (nSPS) is 18.3. The Bertz CT molecular complexity index is 1150. The van der Waals surface area contributed by atoms with Crippen molar-refractivity contribution in [2.45, 2.75) is 12.5 Å². The van der Waals surface area contributed by atoms with Crippen LogP contribution in [0.3, 0.4) is 0 Å². The number of ether oxygens (including phenoxy) is 1. The monoisotopic (exact) mass is 433 g/mol. The minimum absolute atomic E-state index is 0.0249. The van der Waals surface area contributed by atoms with Crippen LogP contribution in [-0.4, -0.2) is 65.0 Å². The number of nitrogens with zero attached hydrogens (tertiary/aromatic N) is 4. The topological polar surface area (TPSA) is 101 Å². The smallest absolute Gasteiger partial charge is 0.261 e. The Labute approximate surface area is 185 Å². The Morgan fingerprint density at radius 3 is 2.91 bits per heavy atom. The number of para-hydroxylation sites is 1. The van der Waals surface area contributed by atoms with Crippen molar-refractivity contribution in [3.05, 3.63) is 60.0 Å². The zero-order valence-corrected chi connectivity index (χ0v) is 17.7. The van der Waals surface area contributed by atoms with Crippen LogP contribution in [0.15, 0.2) is 53.1 Å². The lowest BCUT2D eigenvalue weighted by Crippen LogP contribution is -2.50. The summed E-state index contributed by atoms with van der Waals surface area (Å²) in [6, 6.07) is 14.5. The van der Waals surface area contributed by atoms with Crippen LogP contribution in [0.5, 0.6) is 5.75 Å². The predicted molar refractivity (Wildman–Crippen MR) is 116 cm³/mol. The van der Waals surface area contributed by atoms with E-state index in [0.29, 0.717) is 37.0 Å². The maximum atomic E-state index is 13.0. The van der Waals surface area contributed by atoms with Crippen LogP contribution in [-0.2, 0) is 16.0 Å². The van der Waals surface area contributed by atoms with Gasteiger partial charge in [0.05, 0.1) is 6.42 Å². The highest BCUT2D eigenvalue weighted by Crippen LogP contribution is 2.30. The van der Waals surface area contributed by atoms with E-state index >= 15 is 0 Å². The second kappa shape index (κ2) is 8.43. The standard InChI is InChI=1S/C23H23N5O4/c1-27-9-10-28(21(30)14-31-17-5-3-2-4-6-17)19(13-27)23-25-22(26-32-23)15-7-8-18-16(11-15)12-20(29)24-18/h2-8,11,19H,9-10,12-14H2,1H3,(H,24,29). The van der Waals surface area contributed by atoms with Gasteiger partial charge in [0.15, 0.2) is 6.61 Å². The summed E-state index contributed by atoms with van der Waals surface area (Å²) in [5, 5.41) is 6.95. The average molecular weight is 433 g/mol. The minimum atomic E-state index is -0.362. The van der Waals surface area contributed by atoms with Crippen molar-refractivity contribution in [1.29, 1.82) is 0 Å². The molecule has 0 saturated carbocycles. The Balaban J connectivity index is 1.34. The third-order valence-electron chi connectivity index (χ3n) is 5.72. The van der Waals surface area contributed by atoms with Crippen molar-refractivity contribution in [2.24, 2.45) is 0 Å². The SMILES string of the molecule is CN1CCN(C(=O)COc2ccccc2)C(c2nc(-c3ccc4c(c3)CC(=O)N4)no2)C1. The van der Waals surface area contributed by atoms with Gasteiger partial charge in [-0.3, -0.25) is 9.59 Å². The van der Waals surface area contributed by atoms with E-state index in [-0.39, 0.29) is 24.5 Å². The number of carbonyl (C=O) groups excluding carboxylic acids is 2. The van der Waals surface area contributed by atoms with E-state index in [9.17, 15) is 9.59 Å². The summed E-state index contributed by atoms with van der Waals surface area (Å²) in [5.74, 6) is 1.31. The first-order chi connectivity index (χ1) is 15.6. The molecule has 1 fully saturated rings. The van der Waals surface area contributed by atoms with Crippen LogP contribution < -0.4 is 10.1 Å². The van der Waals surface area contributed by atoms with Crippen LogP contribution >= 0.6 is 0 Å². The number of nitrogens with one attached hydrogen (secondary N) is 1. The third-order valence-corrected chi connectivity index (χ3v) is 5.72. The average Bonchev–Trinajstić information content (AvgIpc) is 3.43. The summed E-state index contributed by atoms with van der Waals surface area (Å²) in [6.07, 6.45) is 0.338. The van der Waals surface area contributed by atoms with E-state index in [1.165, 1.54) is 0 Å². The number of anilines is 1. The zero-order valence-electron chi connectivity index (χ0n) is 17.7. The van der Waals surface area contributed by atoms with Gasteiger partial charge in [-0.2, -0.15) is 4.98 Å².